The third-order valence-electron chi connectivity index (χ3n) is 5.14. The zero-order chi connectivity index (χ0) is 18.5. The van der Waals surface area contributed by atoms with Crippen molar-refractivity contribution in [3.8, 4) is 0 Å². The zero-order valence-corrected chi connectivity index (χ0v) is 15.1. The molecule has 0 bridgehead atoms. The first-order valence-corrected chi connectivity index (χ1v) is 9.13. The van der Waals surface area contributed by atoms with E-state index in [0.717, 1.165) is 36.8 Å². The lowest BCUT2D eigenvalue weighted by atomic mass is 9.88. The summed E-state index contributed by atoms with van der Waals surface area (Å²) in [5, 5.41) is 2.83. The lowest BCUT2D eigenvalue weighted by Gasteiger charge is -2.29. The highest BCUT2D eigenvalue weighted by atomic mass is 19.1. The molecular formula is C20H25FN2O3. The molecule has 1 aromatic carbocycles. The molecule has 0 aromatic heterocycles. The maximum absolute atomic E-state index is 12.9. The number of nitrogens with zero attached hydrogens (tertiary/aromatic N) is 1. The van der Waals surface area contributed by atoms with E-state index in [1.165, 1.54) is 12.1 Å². The molecule has 0 spiro atoms. The van der Waals surface area contributed by atoms with Crippen LogP contribution in [0.25, 0.3) is 0 Å². The van der Waals surface area contributed by atoms with Crippen LogP contribution in [0.1, 0.15) is 37.7 Å². The zero-order valence-electron chi connectivity index (χ0n) is 15.1. The highest BCUT2D eigenvalue weighted by molar-refractivity contribution is 6.02. The van der Waals surface area contributed by atoms with Gasteiger partial charge in [-0.2, -0.15) is 0 Å². The molecule has 1 aromatic rings. The topological polar surface area (TPSA) is 58.6 Å². The Hall–Kier alpha value is -2.21. The minimum Gasteiger partial charge on any atom is -0.383 e. The van der Waals surface area contributed by atoms with Crippen LogP contribution in [0.4, 0.5) is 4.39 Å². The largest absolute Gasteiger partial charge is 0.383 e. The third kappa shape index (κ3) is 4.12. The molecule has 6 heteroatoms. The van der Waals surface area contributed by atoms with Crippen molar-refractivity contribution in [1.82, 2.24) is 10.2 Å². The van der Waals surface area contributed by atoms with E-state index < -0.39 is 0 Å². The lowest BCUT2D eigenvalue weighted by molar-refractivity contribution is -0.129. The Morgan fingerprint density at radius 2 is 2.08 bits per heavy atom. The first-order chi connectivity index (χ1) is 12.6. The Labute approximate surface area is 153 Å². The van der Waals surface area contributed by atoms with Gasteiger partial charge in [0.1, 0.15) is 5.82 Å². The van der Waals surface area contributed by atoms with Gasteiger partial charge in [-0.3, -0.25) is 9.59 Å². The summed E-state index contributed by atoms with van der Waals surface area (Å²) < 4.78 is 18.1. The van der Waals surface area contributed by atoms with Gasteiger partial charge in [0.15, 0.2) is 0 Å². The average Bonchev–Trinajstić information content (AvgIpc) is 2.91. The van der Waals surface area contributed by atoms with Crippen molar-refractivity contribution in [2.75, 3.05) is 20.3 Å². The van der Waals surface area contributed by atoms with E-state index >= 15 is 0 Å². The van der Waals surface area contributed by atoms with Gasteiger partial charge in [-0.1, -0.05) is 18.6 Å². The molecule has 0 radical (unpaired) electrons. The molecule has 1 unspecified atom stereocenters. The molecule has 1 heterocycles. The number of ether oxygens (including phenoxy) is 1. The lowest BCUT2D eigenvalue weighted by Crippen LogP contribution is -2.39. The molecule has 1 saturated carbocycles. The van der Waals surface area contributed by atoms with Crippen molar-refractivity contribution in [1.29, 1.82) is 0 Å². The molecule has 2 aliphatic rings. The van der Waals surface area contributed by atoms with Crippen LogP contribution in [0.5, 0.6) is 0 Å². The number of hydrogen-bond donors (Lipinski definition) is 1. The van der Waals surface area contributed by atoms with Gasteiger partial charge in [-0.15, -0.1) is 0 Å². The number of amides is 2. The van der Waals surface area contributed by atoms with Crippen molar-refractivity contribution in [2.24, 2.45) is 0 Å². The molecule has 3 rings (SSSR count). The Balaban J connectivity index is 1.63. The third-order valence-corrected chi connectivity index (χ3v) is 5.14. The first-order valence-electron chi connectivity index (χ1n) is 9.13. The summed E-state index contributed by atoms with van der Waals surface area (Å²) in [6, 6.07) is 6.15. The van der Waals surface area contributed by atoms with Crippen molar-refractivity contribution < 1.29 is 18.7 Å². The second-order valence-electron chi connectivity index (χ2n) is 6.84. The number of nitrogens with one attached hydrogen (secondary N) is 1. The summed E-state index contributed by atoms with van der Waals surface area (Å²) in [6.45, 7) is 1.39. The second kappa shape index (κ2) is 8.45. The Morgan fingerprint density at radius 1 is 1.31 bits per heavy atom. The fourth-order valence-electron chi connectivity index (χ4n) is 3.80. The van der Waals surface area contributed by atoms with Gasteiger partial charge in [0.05, 0.1) is 19.1 Å². The van der Waals surface area contributed by atoms with Crippen LogP contribution in [0, 0.1) is 5.82 Å². The highest BCUT2D eigenvalue weighted by Gasteiger charge is 2.39. The average molecular weight is 360 g/mol. The van der Waals surface area contributed by atoms with Crippen molar-refractivity contribution in [3.05, 3.63) is 46.8 Å². The summed E-state index contributed by atoms with van der Waals surface area (Å²) in [4.78, 5) is 27.0. The van der Waals surface area contributed by atoms with Crippen LogP contribution in [-0.4, -0.2) is 43.0 Å². The fourth-order valence-corrected chi connectivity index (χ4v) is 3.80. The predicted molar refractivity (Wildman–Crippen MR) is 95.7 cm³/mol. The highest BCUT2D eigenvalue weighted by Crippen LogP contribution is 2.37. The van der Waals surface area contributed by atoms with Crippen molar-refractivity contribution in [3.63, 3.8) is 0 Å². The number of carbonyl (C=O) groups excluding carboxylic acids is 2. The van der Waals surface area contributed by atoms with Gasteiger partial charge < -0.3 is 15.0 Å². The SMILES string of the molecule is COCCN1C(=O)C(CC(=O)NCc2ccc(F)cc2)=C2CCCCC21. The quantitative estimate of drug-likeness (QED) is 0.813. The van der Waals surface area contributed by atoms with E-state index in [4.69, 9.17) is 4.74 Å². The summed E-state index contributed by atoms with van der Waals surface area (Å²) in [7, 11) is 1.62. The molecule has 140 valence electrons. The molecule has 1 aliphatic heterocycles. The number of rotatable bonds is 7. The minimum absolute atomic E-state index is 0.0270. The fraction of sp³-hybridized carbons (Fsp3) is 0.500. The Morgan fingerprint density at radius 3 is 2.81 bits per heavy atom. The van der Waals surface area contributed by atoms with Crippen LogP contribution in [0.3, 0.4) is 0 Å². The number of benzene rings is 1. The standard InChI is InChI=1S/C20H25FN2O3/c1-26-11-10-23-18-5-3-2-4-16(18)17(20(23)25)12-19(24)22-13-14-6-8-15(21)9-7-14/h6-9,18H,2-5,10-13H2,1H3,(H,22,24). The monoisotopic (exact) mass is 360 g/mol. The van der Waals surface area contributed by atoms with Gasteiger partial charge in [0, 0.05) is 25.8 Å². The molecular weight excluding hydrogens is 335 g/mol. The maximum atomic E-state index is 12.9. The van der Waals surface area contributed by atoms with E-state index in [1.54, 1.807) is 19.2 Å². The van der Waals surface area contributed by atoms with Gasteiger partial charge in [-0.25, -0.2) is 4.39 Å². The van der Waals surface area contributed by atoms with E-state index in [1.807, 2.05) is 4.90 Å². The normalized spacial score (nSPS) is 19.7. The van der Waals surface area contributed by atoms with E-state index in [2.05, 4.69) is 5.32 Å². The molecule has 1 fully saturated rings. The molecule has 2 amide bonds. The van der Waals surface area contributed by atoms with Crippen LogP contribution >= 0.6 is 0 Å². The summed E-state index contributed by atoms with van der Waals surface area (Å²) in [5.74, 6) is -0.507. The minimum atomic E-state index is -0.303. The molecule has 1 atom stereocenters. The summed E-state index contributed by atoms with van der Waals surface area (Å²) in [6.07, 6.45) is 4.13. The number of methoxy groups -OCH3 is 1. The Kier molecular flexibility index (Phi) is 6.04. The second-order valence-corrected chi connectivity index (χ2v) is 6.84. The number of halogens is 1. The van der Waals surface area contributed by atoms with E-state index in [9.17, 15) is 14.0 Å². The number of fused-ring (bicyclic) bond motifs is 1. The maximum Gasteiger partial charge on any atom is 0.250 e. The van der Waals surface area contributed by atoms with Gasteiger partial charge >= 0.3 is 0 Å². The van der Waals surface area contributed by atoms with Crippen LogP contribution in [0.2, 0.25) is 0 Å². The van der Waals surface area contributed by atoms with Gasteiger partial charge in [-0.05, 0) is 42.5 Å². The summed E-state index contributed by atoms with van der Waals surface area (Å²) in [5.41, 5.74) is 2.61. The number of carbonyl (C=O) groups is 2. The predicted octanol–water partition coefficient (Wildman–Crippen LogP) is 2.56. The molecule has 26 heavy (non-hydrogen) atoms. The van der Waals surface area contributed by atoms with E-state index in [-0.39, 0.29) is 30.1 Å². The van der Waals surface area contributed by atoms with Crippen molar-refractivity contribution >= 4 is 11.8 Å². The number of hydrogen-bond acceptors (Lipinski definition) is 3. The molecule has 5 nitrogen and oxygen atoms in total. The van der Waals surface area contributed by atoms with Crippen molar-refractivity contribution in [2.45, 2.75) is 44.7 Å². The first kappa shape index (κ1) is 18.6. The van der Waals surface area contributed by atoms with Gasteiger partial charge in [0.25, 0.3) is 5.91 Å². The van der Waals surface area contributed by atoms with Crippen LogP contribution in [-0.2, 0) is 20.9 Å². The summed E-state index contributed by atoms with van der Waals surface area (Å²) >= 11 is 0. The van der Waals surface area contributed by atoms with Crippen LogP contribution in [0.15, 0.2) is 35.4 Å². The van der Waals surface area contributed by atoms with Gasteiger partial charge in [0.2, 0.25) is 5.91 Å². The smallest absolute Gasteiger partial charge is 0.250 e. The molecule has 1 N–H and O–H groups in total. The van der Waals surface area contributed by atoms with E-state index in [0.29, 0.717) is 25.3 Å². The Bertz CT molecular complexity index is 700. The molecule has 1 aliphatic carbocycles. The molecule has 0 saturated heterocycles. The van der Waals surface area contributed by atoms with Crippen LogP contribution < -0.4 is 5.32 Å².